The molecule has 2 aromatic rings. The van der Waals surface area contributed by atoms with Crippen LogP contribution >= 0.6 is 0 Å². The van der Waals surface area contributed by atoms with E-state index in [1.807, 2.05) is 26.2 Å². The van der Waals surface area contributed by atoms with Crippen LogP contribution in [-0.2, 0) is 0 Å². The van der Waals surface area contributed by atoms with Crippen LogP contribution in [0.4, 0.5) is 5.69 Å². The van der Waals surface area contributed by atoms with Gasteiger partial charge in [-0.25, -0.2) is 0 Å². The van der Waals surface area contributed by atoms with E-state index in [1.54, 1.807) is 0 Å². The molecule has 2 rings (SSSR count). The molecule has 2 nitrogen and oxygen atoms in total. The number of rotatable bonds is 2. The summed E-state index contributed by atoms with van der Waals surface area (Å²) in [6.07, 6.45) is 1.91. The van der Waals surface area contributed by atoms with E-state index in [4.69, 9.17) is 0 Å². The van der Waals surface area contributed by atoms with E-state index in [2.05, 4.69) is 40.6 Å². The van der Waals surface area contributed by atoms with Gasteiger partial charge in [-0.2, -0.15) is 0 Å². The molecule has 1 aromatic carbocycles. The Hall–Kier alpha value is -1.83. The first-order valence-corrected chi connectivity index (χ1v) is 5.00. The molecule has 0 atom stereocenters. The summed E-state index contributed by atoms with van der Waals surface area (Å²) < 4.78 is 0. The van der Waals surface area contributed by atoms with Crippen LogP contribution in [0.3, 0.4) is 0 Å². The highest BCUT2D eigenvalue weighted by atomic mass is 14.8. The van der Waals surface area contributed by atoms with Crippen LogP contribution in [0, 0.1) is 6.92 Å². The van der Waals surface area contributed by atoms with E-state index in [9.17, 15) is 0 Å². The van der Waals surface area contributed by atoms with E-state index in [-0.39, 0.29) is 0 Å². The zero-order chi connectivity index (χ0) is 10.7. The van der Waals surface area contributed by atoms with Gasteiger partial charge in [-0.05, 0) is 30.7 Å². The summed E-state index contributed by atoms with van der Waals surface area (Å²) >= 11 is 0. The van der Waals surface area contributed by atoms with Crippen LogP contribution in [0.15, 0.2) is 42.6 Å². The van der Waals surface area contributed by atoms with Gasteiger partial charge in [0.15, 0.2) is 0 Å². The van der Waals surface area contributed by atoms with Crippen molar-refractivity contribution in [3.63, 3.8) is 0 Å². The lowest BCUT2D eigenvalue weighted by Gasteiger charge is -2.03. The van der Waals surface area contributed by atoms with Crippen molar-refractivity contribution in [1.29, 1.82) is 0 Å². The molecule has 1 N–H and O–H groups in total. The molecule has 0 saturated carbocycles. The van der Waals surface area contributed by atoms with Gasteiger partial charge in [-0.3, -0.25) is 4.98 Å². The monoisotopic (exact) mass is 198 g/mol. The molecule has 0 aliphatic heterocycles. The first-order valence-electron chi connectivity index (χ1n) is 5.00. The fourth-order valence-corrected chi connectivity index (χ4v) is 1.47. The second kappa shape index (κ2) is 4.13. The van der Waals surface area contributed by atoms with Crippen LogP contribution in [0.25, 0.3) is 11.1 Å². The average molecular weight is 198 g/mol. The maximum atomic E-state index is 4.28. The Morgan fingerprint density at radius 3 is 2.13 bits per heavy atom. The number of nitrogens with one attached hydrogen (secondary N) is 1. The van der Waals surface area contributed by atoms with E-state index in [0.717, 1.165) is 16.9 Å². The standard InChI is InChI=1S/C13H14N2/c1-10-3-4-12(9-15-10)11-5-7-13(14-2)8-6-11/h3-9,14H,1-2H3. The molecule has 0 amide bonds. The summed E-state index contributed by atoms with van der Waals surface area (Å²) in [5, 5.41) is 3.10. The molecule has 0 radical (unpaired) electrons. The Morgan fingerprint density at radius 1 is 0.933 bits per heavy atom. The maximum Gasteiger partial charge on any atom is 0.0373 e. The highest BCUT2D eigenvalue weighted by molar-refractivity contribution is 5.65. The summed E-state index contributed by atoms with van der Waals surface area (Å²) in [6.45, 7) is 1.99. The second-order valence-electron chi connectivity index (χ2n) is 3.52. The second-order valence-corrected chi connectivity index (χ2v) is 3.52. The third-order valence-corrected chi connectivity index (χ3v) is 2.42. The number of pyridine rings is 1. The average Bonchev–Trinajstić information content (AvgIpc) is 2.30. The van der Waals surface area contributed by atoms with Crippen LogP contribution in [0.5, 0.6) is 0 Å². The van der Waals surface area contributed by atoms with Crippen LogP contribution in [-0.4, -0.2) is 12.0 Å². The molecule has 0 aliphatic rings. The molecule has 1 heterocycles. The number of hydrogen-bond acceptors (Lipinski definition) is 2. The van der Waals surface area contributed by atoms with E-state index in [1.165, 1.54) is 5.56 Å². The lowest BCUT2D eigenvalue weighted by Crippen LogP contribution is -1.87. The SMILES string of the molecule is CNc1ccc(-c2ccc(C)nc2)cc1. The predicted molar refractivity (Wildman–Crippen MR) is 64.0 cm³/mol. The van der Waals surface area contributed by atoms with Crippen molar-refractivity contribution in [2.75, 3.05) is 12.4 Å². The Labute approximate surface area is 90.0 Å². The number of benzene rings is 1. The Balaban J connectivity index is 2.33. The smallest absolute Gasteiger partial charge is 0.0373 e. The Kier molecular flexibility index (Phi) is 2.68. The minimum Gasteiger partial charge on any atom is -0.388 e. The predicted octanol–water partition coefficient (Wildman–Crippen LogP) is 3.10. The minimum absolute atomic E-state index is 1.05. The molecular formula is C13H14N2. The Bertz CT molecular complexity index is 429. The molecule has 0 bridgehead atoms. The molecule has 2 heteroatoms. The van der Waals surface area contributed by atoms with Gasteiger partial charge in [-0.15, -0.1) is 0 Å². The summed E-state index contributed by atoms with van der Waals surface area (Å²) in [6, 6.07) is 12.4. The molecular weight excluding hydrogens is 184 g/mol. The van der Waals surface area contributed by atoms with Crippen molar-refractivity contribution in [3.05, 3.63) is 48.3 Å². The molecule has 0 spiro atoms. The zero-order valence-electron chi connectivity index (χ0n) is 8.99. The molecule has 0 aliphatic carbocycles. The normalized spacial score (nSPS) is 10.0. The summed E-state index contributed by atoms with van der Waals surface area (Å²) in [5.74, 6) is 0. The number of nitrogens with zero attached hydrogens (tertiary/aromatic N) is 1. The summed E-state index contributed by atoms with van der Waals surface area (Å²) in [5.41, 5.74) is 4.52. The van der Waals surface area contributed by atoms with Gasteiger partial charge in [0, 0.05) is 30.2 Å². The third kappa shape index (κ3) is 2.15. The van der Waals surface area contributed by atoms with Gasteiger partial charge < -0.3 is 5.32 Å². The van der Waals surface area contributed by atoms with Crippen molar-refractivity contribution in [1.82, 2.24) is 4.98 Å². The zero-order valence-corrected chi connectivity index (χ0v) is 8.99. The first kappa shape index (κ1) is 9.71. The van der Waals surface area contributed by atoms with Crippen molar-refractivity contribution in [3.8, 4) is 11.1 Å². The van der Waals surface area contributed by atoms with Crippen LogP contribution in [0.1, 0.15) is 5.69 Å². The fourth-order valence-electron chi connectivity index (χ4n) is 1.47. The quantitative estimate of drug-likeness (QED) is 0.802. The van der Waals surface area contributed by atoms with Crippen molar-refractivity contribution in [2.24, 2.45) is 0 Å². The Morgan fingerprint density at radius 2 is 1.60 bits per heavy atom. The third-order valence-electron chi connectivity index (χ3n) is 2.42. The largest absolute Gasteiger partial charge is 0.388 e. The lowest BCUT2D eigenvalue weighted by atomic mass is 10.1. The minimum atomic E-state index is 1.05. The molecule has 15 heavy (non-hydrogen) atoms. The van der Waals surface area contributed by atoms with Crippen LogP contribution < -0.4 is 5.32 Å². The first-order chi connectivity index (χ1) is 7.29. The molecule has 0 unspecified atom stereocenters. The molecule has 0 saturated heterocycles. The van der Waals surface area contributed by atoms with Gasteiger partial charge >= 0.3 is 0 Å². The van der Waals surface area contributed by atoms with E-state index >= 15 is 0 Å². The lowest BCUT2D eigenvalue weighted by molar-refractivity contribution is 1.20. The van der Waals surface area contributed by atoms with Crippen molar-refractivity contribution >= 4 is 5.69 Å². The van der Waals surface area contributed by atoms with Crippen molar-refractivity contribution < 1.29 is 0 Å². The van der Waals surface area contributed by atoms with E-state index in [0.29, 0.717) is 0 Å². The van der Waals surface area contributed by atoms with Gasteiger partial charge in [0.05, 0.1) is 0 Å². The van der Waals surface area contributed by atoms with Gasteiger partial charge in [0.1, 0.15) is 0 Å². The molecule has 76 valence electrons. The number of anilines is 1. The van der Waals surface area contributed by atoms with Gasteiger partial charge in [-0.1, -0.05) is 18.2 Å². The fraction of sp³-hybridized carbons (Fsp3) is 0.154. The summed E-state index contributed by atoms with van der Waals surface area (Å²) in [7, 11) is 1.92. The van der Waals surface area contributed by atoms with Gasteiger partial charge in [0.25, 0.3) is 0 Å². The summed E-state index contributed by atoms with van der Waals surface area (Å²) in [4.78, 5) is 4.28. The molecule has 1 aromatic heterocycles. The topological polar surface area (TPSA) is 24.9 Å². The van der Waals surface area contributed by atoms with E-state index < -0.39 is 0 Å². The number of aryl methyl sites for hydroxylation is 1. The number of aromatic nitrogens is 1. The highest BCUT2D eigenvalue weighted by Gasteiger charge is 1.97. The highest BCUT2D eigenvalue weighted by Crippen LogP contribution is 2.20. The maximum absolute atomic E-state index is 4.28. The van der Waals surface area contributed by atoms with Crippen molar-refractivity contribution in [2.45, 2.75) is 6.92 Å². The van der Waals surface area contributed by atoms with Crippen LogP contribution in [0.2, 0.25) is 0 Å². The number of hydrogen-bond donors (Lipinski definition) is 1. The molecule has 0 fully saturated rings. The van der Waals surface area contributed by atoms with Gasteiger partial charge in [0.2, 0.25) is 0 Å².